The summed E-state index contributed by atoms with van der Waals surface area (Å²) in [7, 11) is 0. The molecule has 1 aliphatic rings. The number of benzene rings is 3. The lowest BCUT2D eigenvalue weighted by Crippen LogP contribution is -2.43. The van der Waals surface area contributed by atoms with Crippen LogP contribution in [0, 0.1) is 6.92 Å². The third-order valence-corrected chi connectivity index (χ3v) is 5.60. The van der Waals surface area contributed by atoms with Gasteiger partial charge in [-0.2, -0.15) is 0 Å². The first-order valence-electron chi connectivity index (χ1n) is 9.87. The Labute approximate surface area is 171 Å². The second-order valence-electron chi connectivity index (χ2n) is 7.55. The molecule has 0 aromatic heterocycles. The van der Waals surface area contributed by atoms with Gasteiger partial charge in [-0.15, -0.1) is 0 Å². The lowest BCUT2D eigenvalue weighted by molar-refractivity contribution is -0.123. The van der Waals surface area contributed by atoms with Gasteiger partial charge in [0.2, 0.25) is 5.91 Å². The van der Waals surface area contributed by atoms with E-state index in [0.717, 1.165) is 29.5 Å². The van der Waals surface area contributed by atoms with E-state index in [0.29, 0.717) is 5.56 Å². The van der Waals surface area contributed by atoms with E-state index in [2.05, 4.69) is 18.2 Å². The Morgan fingerprint density at radius 1 is 0.966 bits per heavy atom. The van der Waals surface area contributed by atoms with Crippen LogP contribution in [0.3, 0.4) is 0 Å². The van der Waals surface area contributed by atoms with E-state index in [9.17, 15) is 9.59 Å². The lowest BCUT2D eigenvalue weighted by atomic mass is 9.97. The summed E-state index contributed by atoms with van der Waals surface area (Å²) >= 11 is 0. The fourth-order valence-corrected chi connectivity index (χ4v) is 4.25. The van der Waals surface area contributed by atoms with Crippen LogP contribution in [0.4, 0.5) is 0 Å². The summed E-state index contributed by atoms with van der Waals surface area (Å²) in [5, 5.41) is 0. The topological polar surface area (TPSA) is 63.4 Å². The first kappa shape index (κ1) is 18.9. The van der Waals surface area contributed by atoms with Crippen LogP contribution in [0.5, 0.6) is 0 Å². The quantitative estimate of drug-likeness (QED) is 0.711. The Morgan fingerprint density at radius 3 is 2.28 bits per heavy atom. The molecule has 146 valence electrons. The van der Waals surface area contributed by atoms with Crippen molar-refractivity contribution in [3.63, 3.8) is 0 Å². The van der Waals surface area contributed by atoms with Crippen LogP contribution in [0.1, 0.15) is 51.1 Å². The molecule has 29 heavy (non-hydrogen) atoms. The number of aryl methyl sites for hydroxylation is 2. The summed E-state index contributed by atoms with van der Waals surface area (Å²) in [6, 6.07) is 23.7. The van der Waals surface area contributed by atoms with Gasteiger partial charge in [0.25, 0.3) is 5.91 Å². The Balaban J connectivity index is 1.86. The van der Waals surface area contributed by atoms with Crippen molar-refractivity contribution < 1.29 is 9.59 Å². The van der Waals surface area contributed by atoms with Gasteiger partial charge in [0.15, 0.2) is 0 Å². The highest BCUT2D eigenvalue weighted by atomic mass is 16.2. The molecule has 2 amide bonds. The highest BCUT2D eigenvalue weighted by Gasteiger charge is 2.39. The van der Waals surface area contributed by atoms with Crippen molar-refractivity contribution in [2.45, 2.75) is 31.8 Å². The van der Waals surface area contributed by atoms with Crippen LogP contribution in [-0.2, 0) is 11.2 Å². The highest BCUT2D eigenvalue weighted by molar-refractivity contribution is 5.98. The molecule has 0 radical (unpaired) electrons. The predicted octanol–water partition coefficient (Wildman–Crippen LogP) is 4.35. The van der Waals surface area contributed by atoms with E-state index in [4.69, 9.17) is 5.73 Å². The molecule has 0 heterocycles. The van der Waals surface area contributed by atoms with Gasteiger partial charge in [-0.1, -0.05) is 72.3 Å². The number of hydrogen-bond acceptors (Lipinski definition) is 2. The van der Waals surface area contributed by atoms with Crippen LogP contribution in [0.2, 0.25) is 0 Å². The molecule has 0 aliphatic heterocycles. The maximum absolute atomic E-state index is 13.7. The molecule has 2 atom stereocenters. The zero-order valence-corrected chi connectivity index (χ0v) is 16.4. The largest absolute Gasteiger partial charge is 0.368 e. The average Bonchev–Trinajstić information content (AvgIpc) is 3.15. The fourth-order valence-electron chi connectivity index (χ4n) is 4.25. The monoisotopic (exact) mass is 384 g/mol. The smallest absolute Gasteiger partial charge is 0.255 e. The highest BCUT2D eigenvalue weighted by Crippen LogP contribution is 2.41. The molecule has 0 saturated heterocycles. The molecule has 2 N–H and O–H groups in total. The molecule has 0 spiro atoms. The van der Waals surface area contributed by atoms with Crippen molar-refractivity contribution in [3.05, 3.63) is 107 Å². The summed E-state index contributed by atoms with van der Waals surface area (Å²) < 4.78 is 0. The van der Waals surface area contributed by atoms with Crippen molar-refractivity contribution in [2.75, 3.05) is 0 Å². The summed E-state index contributed by atoms with van der Waals surface area (Å²) in [6.07, 6.45) is 1.65. The third kappa shape index (κ3) is 3.66. The number of hydrogen-bond donors (Lipinski definition) is 1. The number of nitrogens with zero attached hydrogens (tertiary/aromatic N) is 1. The Hall–Kier alpha value is -3.40. The maximum Gasteiger partial charge on any atom is 0.255 e. The Bertz CT molecular complexity index is 1030. The minimum Gasteiger partial charge on any atom is -0.368 e. The molecule has 4 nitrogen and oxygen atoms in total. The second-order valence-corrected chi connectivity index (χ2v) is 7.55. The minimum atomic E-state index is -0.833. The average molecular weight is 384 g/mol. The summed E-state index contributed by atoms with van der Waals surface area (Å²) in [6.45, 7) is 2.04. The van der Waals surface area contributed by atoms with Crippen molar-refractivity contribution in [1.29, 1.82) is 0 Å². The zero-order valence-electron chi connectivity index (χ0n) is 16.4. The van der Waals surface area contributed by atoms with Crippen LogP contribution >= 0.6 is 0 Å². The number of amides is 2. The normalized spacial score (nSPS) is 16.1. The van der Waals surface area contributed by atoms with E-state index in [1.807, 2.05) is 55.5 Å². The first-order valence-corrected chi connectivity index (χ1v) is 9.87. The van der Waals surface area contributed by atoms with Crippen molar-refractivity contribution in [1.82, 2.24) is 4.90 Å². The molecule has 1 aliphatic carbocycles. The molecule has 3 aromatic carbocycles. The van der Waals surface area contributed by atoms with Gasteiger partial charge in [-0.25, -0.2) is 0 Å². The predicted molar refractivity (Wildman–Crippen MR) is 113 cm³/mol. The number of rotatable bonds is 5. The van der Waals surface area contributed by atoms with Gasteiger partial charge < -0.3 is 10.6 Å². The first-order chi connectivity index (χ1) is 14.1. The standard InChI is InChI=1S/C25H24N2O2/c1-17-12-13-18-14-15-22(21(18)16-17)27(25(29)20-10-6-3-7-11-20)23(24(26)28)19-8-4-2-5-9-19/h2-13,16,22-23H,14-15H2,1H3,(H2,26,28)/t22-,23?/m1/s1. The number of fused-ring (bicyclic) bond motifs is 1. The second kappa shape index (κ2) is 7.92. The fraction of sp³-hybridized carbons (Fsp3) is 0.200. The van der Waals surface area contributed by atoms with Crippen LogP contribution in [0.25, 0.3) is 0 Å². The summed E-state index contributed by atoms with van der Waals surface area (Å²) in [5.74, 6) is -0.709. The van der Waals surface area contributed by atoms with Gasteiger partial charge in [0, 0.05) is 5.56 Å². The van der Waals surface area contributed by atoms with Gasteiger partial charge in [0.05, 0.1) is 6.04 Å². The van der Waals surface area contributed by atoms with E-state index in [1.165, 1.54) is 5.56 Å². The molecule has 3 aromatic rings. The number of primary amides is 1. The van der Waals surface area contributed by atoms with E-state index >= 15 is 0 Å². The van der Waals surface area contributed by atoms with E-state index in [-0.39, 0.29) is 11.9 Å². The maximum atomic E-state index is 13.7. The van der Waals surface area contributed by atoms with Crippen LogP contribution in [0.15, 0.2) is 78.9 Å². The molecule has 0 bridgehead atoms. The molecular weight excluding hydrogens is 360 g/mol. The molecule has 0 fully saturated rings. The third-order valence-electron chi connectivity index (χ3n) is 5.60. The molecule has 4 heteroatoms. The number of carbonyl (C=O) groups is 2. The Morgan fingerprint density at radius 2 is 1.62 bits per heavy atom. The van der Waals surface area contributed by atoms with Crippen molar-refractivity contribution in [3.8, 4) is 0 Å². The van der Waals surface area contributed by atoms with Crippen molar-refractivity contribution >= 4 is 11.8 Å². The van der Waals surface area contributed by atoms with Gasteiger partial charge in [0.1, 0.15) is 6.04 Å². The van der Waals surface area contributed by atoms with Crippen LogP contribution in [-0.4, -0.2) is 16.7 Å². The van der Waals surface area contributed by atoms with E-state index in [1.54, 1.807) is 17.0 Å². The molecule has 4 rings (SSSR count). The molecule has 1 unspecified atom stereocenters. The molecule has 0 saturated carbocycles. The molecular formula is C25H24N2O2. The van der Waals surface area contributed by atoms with Crippen molar-refractivity contribution in [2.24, 2.45) is 5.73 Å². The zero-order chi connectivity index (χ0) is 20.4. The van der Waals surface area contributed by atoms with E-state index < -0.39 is 11.9 Å². The summed E-state index contributed by atoms with van der Waals surface area (Å²) in [4.78, 5) is 28.0. The van der Waals surface area contributed by atoms with Gasteiger partial charge in [-0.05, 0) is 48.6 Å². The summed E-state index contributed by atoms with van der Waals surface area (Å²) in [5.41, 5.74) is 10.6. The van der Waals surface area contributed by atoms with Gasteiger partial charge >= 0.3 is 0 Å². The van der Waals surface area contributed by atoms with Crippen LogP contribution < -0.4 is 5.73 Å². The number of carbonyl (C=O) groups excluding carboxylic acids is 2. The SMILES string of the molecule is Cc1ccc2c(c1)[C@H](N(C(=O)c1ccccc1)C(C(N)=O)c1ccccc1)CC2. The van der Waals surface area contributed by atoms with Gasteiger partial charge in [-0.3, -0.25) is 9.59 Å². The minimum absolute atomic E-state index is 0.183. The lowest BCUT2D eigenvalue weighted by Gasteiger charge is -2.36. The number of nitrogens with two attached hydrogens (primary N) is 1. The Kier molecular flexibility index (Phi) is 5.17.